The van der Waals surface area contributed by atoms with E-state index in [2.05, 4.69) is 34.2 Å². The first-order chi connectivity index (χ1) is 16.6. The Kier molecular flexibility index (Phi) is 4.74. The normalized spacial score (nSPS) is 11.6. The van der Waals surface area contributed by atoms with Gasteiger partial charge in [-0.3, -0.25) is 19.1 Å². The van der Waals surface area contributed by atoms with Crippen molar-refractivity contribution in [3.63, 3.8) is 0 Å². The number of aryl methyl sites for hydroxylation is 1. The van der Waals surface area contributed by atoms with Gasteiger partial charge < -0.3 is 4.74 Å². The van der Waals surface area contributed by atoms with E-state index < -0.39 is 0 Å². The van der Waals surface area contributed by atoms with Gasteiger partial charge in [0.15, 0.2) is 0 Å². The van der Waals surface area contributed by atoms with Crippen molar-refractivity contribution in [2.45, 2.75) is 6.61 Å². The smallest absolute Gasteiger partial charge is 0.333 e. The number of ether oxygens (including phenoxy) is 1. The van der Waals surface area contributed by atoms with Crippen molar-refractivity contribution < 1.29 is 4.74 Å². The van der Waals surface area contributed by atoms with Gasteiger partial charge in [0.1, 0.15) is 0 Å². The maximum atomic E-state index is 13.3. The average Bonchev–Trinajstić information content (AvgIpc) is 3.14. The van der Waals surface area contributed by atoms with E-state index in [1.807, 2.05) is 54.7 Å². The second-order valence-corrected chi connectivity index (χ2v) is 8.42. The van der Waals surface area contributed by atoms with E-state index in [4.69, 9.17) is 4.74 Å². The molecule has 3 heterocycles. The Labute approximate surface area is 195 Å². The lowest BCUT2D eigenvalue weighted by Gasteiger charge is -2.09. The molecule has 0 spiro atoms. The van der Waals surface area contributed by atoms with Crippen LogP contribution in [-0.4, -0.2) is 26.2 Å². The van der Waals surface area contributed by atoms with E-state index in [9.17, 15) is 4.79 Å². The molecule has 0 saturated carbocycles. The number of para-hydroxylation sites is 1. The number of aromatic nitrogens is 4. The van der Waals surface area contributed by atoms with E-state index in [0.29, 0.717) is 6.61 Å². The number of pyridine rings is 2. The zero-order valence-corrected chi connectivity index (χ0v) is 18.9. The van der Waals surface area contributed by atoms with Gasteiger partial charge in [-0.1, -0.05) is 36.4 Å². The van der Waals surface area contributed by atoms with E-state index in [1.165, 1.54) is 0 Å². The SMILES string of the molecule is COCc1ccc(-n2c(=O)n(C)c3cnc4ccc(-c5cnc6ccccc6c5)cc4c32)cc1. The van der Waals surface area contributed by atoms with Crippen molar-refractivity contribution in [1.29, 1.82) is 0 Å². The van der Waals surface area contributed by atoms with Crippen molar-refractivity contribution >= 4 is 32.8 Å². The van der Waals surface area contributed by atoms with Crippen LogP contribution in [0.3, 0.4) is 0 Å². The maximum absolute atomic E-state index is 13.3. The molecule has 0 N–H and O–H groups in total. The molecular formula is C28H22N4O2. The summed E-state index contributed by atoms with van der Waals surface area (Å²) in [5.41, 5.74) is 7.22. The van der Waals surface area contributed by atoms with Gasteiger partial charge in [-0.15, -0.1) is 0 Å². The molecule has 0 unspecified atom stereocenters. The molecule has 0 atom stereocenters. The predicted octanol–water partition coefficient (Wildman–Crippen LogP) is 5.24. The minimum absolute atomic E-state index is 0.110. The molecule has 0 aliphatic carbocycles. The summed E-state index contributed by atoms with van der Waals surface area (Å²) in [4.78, 5) is 22.6. The van der Waals surface area contributed by atoms with Crippen LogP contribution in [-0.2, 0) is 18.4 Å². The van der Waals surface area contributed by atoms with Gasteiger partial charge in [-0.25, -0.2) is 4.79 Å². The Morgan fingerprint density at radius 3 is 2.47 bits per heavy atom. The van der Waals surface area contributed by atoms with Crippen molar-refractivity contribution in [3.8, 4) is 16.8 Å². The van der Waals surface area contributed by atoms with Gasteiger partial charge in [0.05, 0.1) is 40.6 Å². The first kappa shape index (κ1) is 20.3. The van der Waals surface area contributed by atoms with Crippen LogP contribution >= 0.6 is 0 Å². The number of imidazole rings is 1. The first-order valence-electron chi connectivity index (χ1n) is 11.1. The fraction of sp³-hybridized carbons (Fsp3) is 0.107. The van der Waals surface area contributed by atoms with Crippen molar-refractivity contribution in [2.24, 2.45) is 7.05 Å². The maximum Gasteiger partial charge on any atom is 0.333 e. The van der Waals surface area contributed by atoms with Gasteiger partial charge in [0.25, 0.3) is 0 Å². The molecule has 0 fully saturated rings. The molecule has 6 nitrogen and oxygen atoms in total. The highest BCUT2D eigenvalue weighted by atomic mass is 16.5. The topological polar surface area (TPSA) is 61.9 Å². The molecule has 6 heteroatoms. The lowest BCUT2D eigenvalue weighted by atomic mass is 10.0. The Balaban J connectivity index is 1.60. The molecule has 0 aliphatic heterocycles. The minimum atomic E-state index is -0.110. The molecular weight excluding hydrogens is 424 g/mol. The number of hydrogen-bond acceptors (Lipinski definition) is 4. The van der Waals surface area contributed by atoms with E-state index >= 15 is 0 Å². The summed E-state index contributed by atoms with van der Waals surface area (Å²) in [6.07, 6.45) is 3.66. The summed E-state index contributed by atoms with van der Waals surface area (Å²) in [7, 11) is 3.45. The van der Waals surface area contributed by atoms with Crippen LogP contribution in [0.5, 0.6) is 0 Å². The first-order valence-corrected chi connectivity index (χ1v) is 11.1. The highest BCUT2D eigenvalue weighted by Gasteiger charge is 2.17. The summed E-state index contributed by atoms with van der Waals surface area (Å²) in [5.74, 6) is 0. The van der Waals surface area contributed by atoms with Crippen molar-refractivity contribution in [2.75, 3.05) is 7.11 Å². The molecule has 34 heavy (non-hydrogen) atoms. The average molecular weight is 447 g/mol. The van der Waals surface area contributed by atoms with Crippen LogP contribution < -0.4 is 5.69 Å². The zero-order valence-electron chi connectivity index (χ0n) is 18.9. The second-order valence-electron chi connectivity index (χ2n) is 8.42. The lowest BCUT2D eigenvalue weighted by Crippen LogP contribution is -2.20. The summed E-state index contributed by atoms with van der Waals surface area (Å²) in [5, 5.41) is 2.01. The third-order valence-corrected chi connectivity index (χ3v) is 6.31. The number of methoxy groups -OCH3 is 1. The van der Waals surface area contributed by atoms with Gasteiger partial charge in [0, 0.05) is 36.7 Å². The summed E-state index contributed by atoms with van der Waals surface area (Å²) in [6.45, 7) is 0.528. The molecule has 0 bridgehead atoms. The molecule has 0 saturated heterocycles. The van der Waals surface area contributed by atoms with Gasteiger partial charge in [-0.05, 0) is 47.5 Å². The molecule has 3 aromatic carbocycles. The quantitative estimate of drug-likeness (QED) is 0.372. The summed E-state index contributed by atoms with van der Waals surface area (Å²) in [6, 6.07) is 24.3. The van der Waals surface area contributed by atoms with Crippen LogP contribution in [0.25, 0.3) is 49.7 Å². The van der Waals surface area contributed by atoms with Crippen LogP contribution in [0.15, 0.2) is 90.0 Å². The fourth-order valence-electron chi connectivity index (χ4n) is 4.55. The molecule has 6 rings (SSSR count). The number of hydrogen-bond donors (Lipinski definition) is 0. The van der Waals surface area contributed by atoms with E-state index in [1.54, 1.807) is 29.5 Å². The Morgan fingerprint density at radius 2 is 1.65 bits per heavy atom. The second kappa shape index (κ2) is 7.93. The van der Waals surface area contributed by atoms with E-state index in [0.717, 1.165) is 55.2 Å². The van der Waals surface area contributed by atoms with Crippen molar-refractivity contribution in [3.05, 3.63) is 101 Å². The standard InChI is InChI=1S/C28H22N4O2/c1-31-26-16-30-25-12-9-19(21-13-20-5-3-4-6-24(20)29-15-21)14-23(25)27(26)32(28(31)33)22-10-7-18(8-11-22)17-34-2/h3-16H,17H2,1-2H3. The molecule has 0 amide bonds. The van der Waals surface area contributed by atoms with Gasteiger partial charge >= 0.3 is 5.69 Å². The molecule has 6 aromatic rings. The monoisotopic (exact) mass is 446 g/mol. The highest BCUT2D eigenvalue weighted by molar-refractivity contribution is 6.04. The summed E-state index contributed by atoms with van der Waals surface area (Å²) >= 11 is 0. The molecule has 0 radical (unpaired) electrons. The number of fused-ring (bicyclic) bond motifs is 4. The largest absolute Gasteiger partial charge is 0.380 e. The van der Waals surface area contributed by atoms with Crippen molar-refractivity contribution in [1.82, 2.24) is 19.1 Å². The number of benzene rings is 3. The van der Waals surface area contributed by atoms with Crippen LogP contribution in [0, 0.1) is 0 Å². The van der Waals surface area contributed by atoms with Gasteiger partial charge in [-0.2, -0.15) is 0 Å². The third-order valence-electron chi connectivity index (χ3n) is 6.31. The van der Waals surface area contributed by atoms with Gasteiger partial charge in [0.2, 0.25) is 0 Å². The third kappa shape index (κ3) is 3.19. The fourth-order valence-corrected chi connectivity index (χ4v) is 4.55. The predicted molar refractivity (Wildman–Crippen MR) is 135 cm³/mol. The minimum Gasteiger partial charge on any atom is -0.380 e. The van der Waals surface area contributed by atoms with Crippen LogP contribution in [0.1, 0.15) is 5.56 Å². The van der Waals surface area contributed by atoms with E-state index in [-0.39, 0.29) is 5.69 Å². The Morgan fingerprint density at radius 1 is 0.853 bits per heavy atom. The highest BCUT2D eigenvalue weighted by Crippen LogP contribution is 2.30. The van der Waals surface area contributed by atoms with Crippen LogP contribution in [0.4, 0.5) is 0 Å². The Hall–Kier alpha value is -4.29. The number of rotatable bonds is 4. The van der Waals surface area contributed by atoms with Crippen LogP contribution in [0.2, 0.25) is 0 Å². The Bertz CT molecular complexity index is 1750. The number of nitrogens with zero attached hydrogens (tertiary/aromatic N) is 4. The zero-order chi connectivity index (χ0) is 23.2. The molecule has 3 aromatic heterocycles. The molecule has 166 valence electrons. The molecule has 0 aliphatic rings. The lowest BCUT2D eigenvalue weighted by molar-refractivity contribution is 0.185. The summed E-state index contributed by atoms with van der Waals surface area (Å²) < 4.78 is 8.64.